The molecular formula is C11H12N2. The van der Waals surface area contributed by atoms with Gasteiger partial charge < -0.3 is 0 Å². The van der Waals surface area contributed by atoms with E-state index in [4.69, 9.17) is 10.5 Å². The van der Waals surface area contributed by atoms with E-state index in [-0.39, 0.29) is 11.8 Å². The average molecular weight is 172 g/mol. The van der Waals surface area contributed by atoms with Crippen LogP contribution in [-0.2, 0) is 0 Å². The molecule has 0 saturated heterocycles. The van der Waals surface area contributed by atoms with Gasteiger partial charge in [-0.2, -0.15) is 10.5 Å². The van der Waals surface area contributed by atoms with E-state index in [0.717, 1.165) is 12.0 Å². The fourth-order valence-corrected chi connectivity index (χ4v) is 1.67. The van der Waals surface area contributed by atoms with Crippen molar-refractivity contribution < 1.29 is 0 Å². The molecule has 0 aromatic carbocycles. The molecule has 0 heterocycles. The molecule has 2 unspecified atom stereocenters. The number of nitriles is 2. The van der Waals surface area contributed by atoms with Crippen LogP contribution in [-0.4, -0.2) is 0 Å². The number of hydrogen-bond acceptors (Lipinski definition) is 2. The molecule has 0 spiro atoms. The normalized spacial score (nSPS) is 26.8. The van der Waals surface area contributed by atoms with Crippen molar-refractivity contribution >= 4 is 0 Å². The summed E-state index contributed by atoms with van der Waals surface area (Å²) in [6, 6.07) is 4.39. The van der Waals surface area contributed by atoms with Crippen molar-refractivity contribution in [3.63, 3.8) is 0 Å². The van der Waals surface area contributed by atoms with Crippen molar-refractivity contribution in [3.05, 3.63) is 23.3 Å². The second-order valence-electron chi connectivity index (χ2n) is 3.23. The maximum atomic E-state index is 8.95. The predicted molar refractivity (Wildman–Crippen MR) is 50.3 cm³/mol. The second-order valence-corrected chi connectivity index (χ2v) is 3.23. The van der Waals surface area contributed by atoms with Gasteiger partial charge in [-0.15, -0.1) is 0 Å². The van der Waals surface area contributed by atoms with Gasteiger partial charge in [0, 0.05) is 0 Å². The summed E-state index contributed by atoms with van der Waals surface area (Å²) in [6.45, 7) is 4.00. The molecule has 0 saturated carbocycles. The molecule has 0 fully saturated rings. The third kappa shape index (κ3) is 1.63. The van der Waals surface area contributed by atoms with Crippen LogP contribution in [0.1, 0.15) is 20.3 Å². The van der Waals surface area contributed by atoms with Gasteiger partial charge in [0.15, 0.2) is 0 Å². The van der Waals surface area contributed by atoms with Gasteiger partial charge in [-0.05, 0) is 24.0 Å². The molecule has 0 aromatic heterocycles. The van der Waals surface area contributed by atoms with E-state index in [1.807, 2.05) is 26.0 Å². The maximum absolute atomic E-state index is 8.95. The molecule has 1 aliphatic carbocycles. The molecule has 0 aromatic rings. The Balaban J connectivity index is 3.13. The summed E-state index contributed by atoms with van der Waals surface area (Å²) in [4.78, 5) is 0. The van der Waals surface area contributed by atoms with E-state index in [9.17, 15) is 0 Å². The summed E-state index contributed by atoms with van der Waals surface area (Å²) in [5, 5.41) is 17.8. The van der Waals surface area contributed by atoms with Crippen molar-refractivity contribution in [2.75, 3.05) is 0 Å². The van der Waals surface area contributed by atoms with Crippen molar-refractivity contribution in [3.8, 4) is 12.1 Å². The van der Waals surface area contributed by atoms with Crippen LogP contribution in [0.5, 0.6) is 0 Å². The molecular weight excluding hydrogens is 160 g/mol. The Morgan fingerprint density at radius 2 is 2.15 bits per heavy atom. The maximum Gasteiger partial charge on any atom is 0.0991 e. The molecule has 0 amide bonds. The van der Waals surface area contributed by atoms with E-state index in [0.29, 0.717) is 5.57 Å². The van der Waals surface area contributed by atoms with Crippen molar-refractivity contribution in [1.82, 2.24) is 0 Å². The molecule has 2 nitrogen and oxygen atoms in total. The minimum atomic E-state index is -0.107. The van der Waals surface area contributed by atoms with E-state index in [2.05, 4.69) is 12.1 Å². The predicted octanol–water partition coefficient (Wildman–Crippen LogP) is 2.56. The van der Waals surface area contributed by atoms with Crippen LogP contribution in [0.15, 0.2) is 23.3 Å². The number of rotatable bonds is 1. The van der Waals surface area contributed by atoms with E-state index in [1.54, 1.807) is 0 Å². The Hall–Kier alpha value is -1.54. The number of nitrogens with zero attached hydrogens (tertiary/aromatic N) is 2. The second kappa shape index (κ2) is 3.92. The first-order valence-electron chi connectivity index (χ1n) is 4.45. The zero-order chi connectivity index (χ0) is 9.84. The lowest BCUT2D eigenvalue weighted by atomic mass is 9.80. The highest BCUT2D eigenvalue weighted by molar-refractivity contribution is 5.44. The van der Waals surface area contributed by atoms with Gasteiger partial charge in [-0.1, -0.05) is 19.9 Å². The van der Waals surface area contributed by atoms with Gasteiger partial charge in [0.1, 0.15) is 0 Å². The highest BCUT2D eigenvalue weighted by Gasteiger charge is 2.23. The van der Waals surface area contributed by atoms with E-state index < -0.39 is 0 Å². The summed E-state index contributed by atoms with van der Waals surface area (Å²) in [6.07, 6.45) is 4.55. The van der Waals surface area contributed by atoms with Crippen LogP contribution < -0.4 is 0 Å². The van der Waals surface area contributed by atoms with Crippen LogP contribution in [0.2, 0.25) is 0 Å². The highest BCUT2D eigenvalue weighted by atomic mass is 14.3. The van der Waals surface area contributed by atoms with Crippen molar-refractivity contribution in [2.24, 2.45) is 11.8 Å². The summed E-state index contributed by atoms with van der Waals surface area (Å²) in [5.74, 6) is 0.127. The summed E-state index contributed by atoms with van der Waals surface area (Å²) in [7, 11) is 0. The quantitative estimate of drug-likeness (QED) is 0.610. The summed E-state index contributed by atoms with van der Waals surface area (Å²) in [5.41, 5.74) is 1.66. The fourth-order valence-electron chi connectivity index (χ4n) is 1.67. The molecule has 1 aliphatic rings. The minimum absolute atomic E-state index is 0.107. The first kappa shape index (κ1) is 9.55. The zero-order valence-corrected chi connectivity index (χ0v) is 7.91. The van der Waals surface area contributed by atoms with Gasteiger partial charge in [-0.25, -0.2) is 0 Å². The summed E-state index contributed by atoms with van der Waals surface area (Å²) < 4.78 is 0. The Bertz CT molecular complexity index is 336. The third-order valence-corrected chi connectivity index (χ3v) is 2.45. The fraction of sp³-hybridized carbons (Fsp3) is 0.455. The molecule has 0 bridgehead atoms. The Morgan fingerprint density at radius 1 is 1.46 bits per heavy atom. The lowest BCUT2D eigenvalue weighted by Crippen LogP contribution is -2.15. The molecule has 0 N–H and O–H groups in total. The lowest BCUT2D eigenvalue weighted by Gasteiger charge is -2.21. The highest BCUT2D eigenvalue weighted by Crippen LogP contribution is 2.31. The number of hydrogen-bond donors (Lipinski definition) is 0. The molecule has 66 valence electrons. The Morgan fingerprint density at radius 3 is 2.62 bits per heavy atom. The SMILES string of the molecule is CCC1=C(C#N)C=CC(C)C1C#N. The smallest absolute Gasteiger partial charge is 0.0991 e. The largest absolute Gasteiger partial charge is 0.198 e. The third-order valence-electron chi connectivity index (χ3n) is 2.45. The minimum Gasteiger partial charge on any atom is -0.198 e. The van der Waals surface area contributed by atoms with Gasteiger partial charge in [0.2, 0.25) is 0 Å². The van der Waals surface area contributed by atoms with Crippen LogP contribution in [0.25, 0.3) is 0 Å². The Kier molecular flexibility index (Phi) is 2.88. The van der Waals surface area contributed by atoms with Crippen molar-refractivity contribution in [1.29, 1.82) is 10.5 Å². The van der Waals surface area contributed by atoms with Gasteiger partial charge >= 0.3 is 0 Å². The number of allylic oxidation sites excluding steroid dienone is 4. The molecule has 13 heavy (non-hydrogen) atoms. The first-order valence-corrected chi connectivity index (χ1v) is 4.45. The van der Waals surface area contributed by atoms with Crippen LogP contribution in [0.3, 0.4) is 0 Å². The van der Waals surface area contributed by atoms with Gasteiger partial charge in [0.25, 0.3) is 0 Å². The molecule has 2 heteroatoms. The monoisotopic (exact) mass is 172 g/mol. The van der Waals surface area contributed by atoms with E-state index in [1.165, 1.54) is 0 Å². The molecule has 1 rings (SSSR count). The lowest BCUT2D eigenvalue weighted by molar-refractivity contribution is 0.568. The van der Waals surface area contributed by atoms with Crippen LogP contribution in [0.4, 0.5) is 0 Å². The molecule has 0 aliphatic heterocycles. The average Bonchev–Trinajstić information content (AvgIpc) is 2.17. The van der Waals surface area contributed by atoms with Gasteiger partial charge in [0.05, 0.1) is 23.6 Å². The van der Waals surface area contributed by atoms with Crippen LogP contribution >= 0.6 is 0 Å². The first-order chi connectivity index (χ1) is 6.24. The Labute approximate surface area is 78.8 Å². The molecule has 2 atom stereocenters. The van der Waals surface area contributed by atoms with E-state index >= 15 is 0 Å². The molecule has 0 radical (unpaired) electrons. The standard InChI is InChI=1S/C11H12N2/c1-3-10-9(6-12)5-4-8(2)11(10)7-13/h4-5,8,11H,3H2,1-2H3. The zero-order valence-electron chi connectivity index (χ0n) is 7.91. The van der Waals surface area contributed by atoms with Gasteiger partial charge in [-0.3, -0.25) is 0 Å². The summed E-state index contributed by atoms with van der Waals surface area (Å²) >= 11 is 0. The van der Waals surface area contributed by atoms with Crippen LogP contribution in [0, 0.1) is 34.5 Å². The van der Waals surface area contributed by atoms with Crippen molar-refractivity contribution in [2.45, 2.75) is 20.3 Å². The topological polar surface area (TPSA) is 47.6 Å².